The monoisotopic (exact) mass is 486 g/mol. The van der Waals surface area contributed by atoms with E-state index in [-0.39, 0.29) is 24.6 Å². The Bertz CT molecular complexity index is 1050. The normalized spacial score (nSPS) is 15.3. The lowest BCUT2D eigenvalue weighted by molar-refractivity contribution is -0.137. The number of nitrogens with zero attached hydrogens (tertiary/aromatic N) is 2. The fourth-order valence-electron chi connectivity index (χ4n) is 3.21. The molecule has 0 saturated carbocycles. The van der Waals surface area contributed by atoms with Gasteiger partial charge in [0.05, 0.1) is 22.8 Å². The summed E-state index contributed by atoms with van der Waals surface area (Å²) < 4.78 is 75.8. The van der Waals surface area contributed by atoms with Gasteiger partial charge in [0.15, 0.2) is 0 Å². The highest BCUT2D eigenvalue weighted by molar-refractivity contribution is 7.89. The van der Waals surface area contributed by atoms with E-state index in [9.17, 15) is 21.6 Å². The number of halogens is 3. The molecule has 7 nitrogen and oxygen atoms in total. The maximum Gasteiger partial charge on any atom is 0.416 e. The first-order valence-corrected chi connectivity index (χ1v) is 11.7. The molecule has 0 spiro atoms. The number of hydrogen-bond acceptors (Lipinski definition) is 6. The van der Waals surface area contributed by atoms with E-state index in [4.69, 9.17) is 14.3 Å². The third kappa shape index (κ3) is 6.92. The van der Waals surface area contributed by atoms with Crippen LogP contribution in [0.15, 0.2) is 58.6 Å². The maximum atomic E-state index is 12.9. The number of methoxy groups -OCH3 is 1. The molecule has 0 aliphatic carbocycles. The van der Waals surface area contributed by atoms with Crippen molar-refractivity contribution in [2.45, 2.75) is 30.5 Å². The third-order valence-corrected chi connectivity index (χ3v) is 6.91. The first-order chi connectivity index (χ1) is 15.7. The first-order valence-electron chi connectivity index (χ1n) is 10.3. The quantitative estimate of drug-likeness (QED) is 0.394. The second-order valence-electron chi connectivity index (χ2n) is 7.35. The predicted molar refractivity (Wildman–Crippen MR) is 115 cm³/mol. The number of hydrogen-bond donors (Lipinski definition) is 0. The van der Waals surface area contributed by atoms with Crippen LogP contribution in [0.3, 0.4) is 0 Å². The molecule has 0 N–H and O–H groups in total. The first kappa shape index (κ1) is 25.0. The average molecular weight is 487 g/mol. The Hall–Kier alpha value is -2.63. The molecule has 0 aromatic heterocycles. The molecule has 2 aromatic rings. The Labute approximate surface area is 190 Å². The molecule has 0 atom stereocenters. The van der Waals surface area contributed by atoms with Crippen molar-refractivity contribution in [3.63, 3.8) is 0 Å². The van der Waals surface area contributed by atoms with Crippen molar-refractivity contribution >= 4 is 15.7 Å². The SMILES string of the molecule is COCCOc1ccc(S(=O)(=O)N2CCC(=NOCc3cccc(C(F)(F)F)c3)CC2)cc1. The number of oxime groups is 1. The summed E-state index contributed by atoms with van der Waals surface area (Å²) in [6.45, 7) is 1.17. The number of rotatable bonds is 9. The van der Waals surface area contributed by atoms with Crippen molar-refractivity contribution in [2.24, 2.45) is 5.16 Å². The summed E-state index contributed by atoms with van der Waals surface area (Å²) in [6, 6.07) is 11.0. The van der Waals surface area contributed by atoms with E-state index in [0.717, 1.165) is 12.1 Å². The topological polar surface area (TPSA) is 77.4 Å². The van der Waals surface area contributed by atoms with Gasteiger partial charge < -0.3 is 14.3 Å². The van der Waals surface area contributed by atoms with Crippen molar-refractivity contribution in [3.05, 3.63) is 59.7 Å². The largest absolute Gasteiger partial charge is 0.491 e. The van der Waals surface area contributed by atoms with Gasteiger partial charge in [-0.1, -0.05) is 17.3 Å². The highest BCUT2D eigenvalue weighted by atomic mass is 32.2. The minimum atomic E-state index is -4.42. The molecule has 1 aliphatic rings. The van der Waals surface area contributed by atoms with Crippen LogP contribution in [0.4, 0.5) is 13.2 Å². The van der Waals surface area contributed by atoms with Crippen molar-refractivity contribution in [3.8, 4) is 5.75 Å². The van der Waals surface area contributed by atoms with Crippen molar-refractivity contribution in [2.75, 3.05) is 33.4 Å². The number of piperidine rings is 1. The second-order valence-corrected chi connectivity index (χ2v) is 9.28. The summed E-state index contributed by atoms with van der Waals surface area (Å²) in [7, 11) is -2.09. The van der Waals surface area contributed by atoms with Crippen LogP contribution in [-0.4, -0.2) is 51.8 Å². The van der Waals surface area contributed by atoms with Crippen molar-refractivity contribution in [1.82, 2.24) is 4.31 Å². The van der Waals surface area contributed by atoms with Gasteiger partial charge in [-0.05, 0) is 42.0 Å². The molecule has 33 heavy (non-hydrogen) atoms. The molecule has 0 bridgehead atoms. The smallest absolute Gasteiger partial charge is 0.416 e. The Morgan fingerprint density at radius 2 is 1.73 bits per heavy atom. The van der Waals surface area contributed by atoms with Gasteiger partial charge in [0.25, 0.3) is 0 Å². The van der Waals surface area contributed by atoms with Gasteiger partial charge in [-0.25, -0.2) is 8.42 Å². The zero-order chi connectivity index (χ0) is 23.9. The molecule has 0 amide bonds. The Morgan fingerprint density at radius 3 is 2.36 bits per heavy atom. The fourth-order valence-corrected chi connectivity index (χ4v) is 4.65. The van der Waals surface area contributed by atoms with E-state index in [1.807, 2.05) is 0 Å². The lowest BCUT2D eigenvalue weighted by Gasteiger charge is -2.26. The van der Waals surface area contributed by atoms with Crippen LogP contribution in [0.25, 0.3) is 0 Å². The third-order valence-electron chi connectivity index (χ3n) is 5.00. The molecule has 180 valence electrons. The summed E-state index contributed by atoms with van der Waals surface area (Å²) in [6.07, 6.45) is -3.67. The van der Waals surface area contributed by atoms with Crippen LogP contribution in [0.5, 0.6) is 5.75 Å². The summed E-state index contributed by atoms with van der Waals surface area (Å²) in [5.74, 6) is 0.553. The van der Waals surface area contributed by atoms with Crippen LogP contribution in [-0.2, 0) is 32.4 Å². The zero-order valence-corrected chi connectivity index (χ0v) is 18.9. The van der Waals surface area contributed by atoms with Crippen LogP contribution in [0.1, 0.15) is 24.0 Å². The molecule has 1 aliphatic heterocycles. The summed E-state index contributed by atoms with van der Waals surface area (Å²) in [5.41, 5.74) is 0.267. The molecular formula is C22H25F3N2O5S. The molecular weight excluding hydrogens is 461 g/mol. The van der Waals surface area contributed by atoms with Gasteiger partial charge in [-0.15, -0.1) is 0 Å². The van der Waals surface area contributed by atoms with Gasteiger partial charge >= 0.3 is 6.18 Å². The minimum absolute atomic E-state index is 0.103. The Balaban J connectivity index is 1.52. The summed E-state index contributed by atoms with van der Waals surface area (Å²) in [4.78, 5) is 5.38. The zero-order valence-electron chi connectivity index (χ0n) is 18.0. The highest BCUT2D eigenvalue weighted by Crippen LogP contribution is 2.29. The van der Waals surface area contributed by atoms with Gasteiger partial charge in [0.1, 0.15) is 19.0 Å². The fraction of sp³-hybridized carbons (Fsp3) is 0.409. The van der Waals surface area contributed by atoms with E-state index in [1.165, 1.54) is 28.6 Å². The molecule has 2 aromatic carbocycles. The van der Waals surface area contributed by atoms with Gasteiger partial charge in [-0.3, -0.25) is 0 Å². The van der Waals surface area contributed by atoms with Gasteiger partial charge in [-0.2, -0.15) is 17.5 Å². The lowest BCUT2D eigenvalue weighted by atomic mass is 10.1. The van der Waals surface area contributed by atoms with Crippen LogP contribution < -0.4 is 4.74 Å². The van der Waals surface area contributed by atoms with Gasteiger partial charge in [0.2, 0.25) is 10.0 Å². The van der Waals surface area contributed by atoms with Crippen LogP contribution >= 0.6 is 0 Å². The van der Waals surface area contributed by atoms with Crippen molar-refractivity contribution < 1.29 is 35.9 Å². The van der Waals surface area contributed by atoms with E-state index < -0.39 is 21.8 Å². The van der Waals surface area contributed by atoms with E-state index in [1.54, 1.807) is 19.2 Å². The molecule has 1 fully saturated rings. The minimum Gasteiger partial charge on any atom is -0.491 e. The number of sulfonamides is 1. The summed E-state index contributed by atoms with van der Waals surface area (Å²) >= 11 is 0. The lowest BCUT2D eigenvalue weighted by Crippen LogP contribution is -2.38. The second kappa shape index (κ2) is 11.0. The molecule has 0 radical (unpaired) electrons. The van der Waals surface area contributed by atoms with Crippen LogP contribution in [0, 0.1) is 0 Å². The predicted octanol–water partition coefficient (Wildman–Crippen LogP) is 4.09. The Kier molecular flexibility index (Phi) is 8.33. The summed E-state index contributed by atoms with van der Waals surface area (Å²) in [5, 5.41) is 3.99. The Morgan fingerprint density at radius 1 is 1.03 bits per heavy atom. The number of alkyl halides is 3. The van der Waals surface area contributed by atoms with Gasteiger partial charge in [0, 0.05) is 33.0 Å². The molecule has 3 rings (SSSR count). The standard InChI is InChI=1S/C22H25F3N2O5S/c1-30-13-14-31-20-5-7-21(8-6-20)33(28,29)27-11-9-19(10-12-27)26-32-16-17-3-2-4-18(15-17)22(23,24)25/h2-8,15H,9-14,16H2,1H3. The van der Waals surface area contributed by atoms with E-state index in [2.05, 4.69) is 5.16 Å². The molecule has 11 heteroatoms. The number of benzene rings is 2. The molecule has 1 saturated heterocycles. The van der Waals surface area contributed by atoms with E-state index >= 15 is 0 Å². The van der Waals surface area contributed by atoms with Crippen molar-refractivity contribution in [1.29, 1.82) is 0 Å². The highest BCUT2D eigenvalue weighted by Gasteiger charge is 2.30. The van der Waals surface area contributed by atoms with E-state index in [0.29, 0.717) is 43.1 Å². The van der Waals surface area contributed by atoms with Crippen LogP contribution in [0.2, 0.25) is 0 Å². The molecule has 0 unspecified atom stereocenters. The molecule has 1 heterocycles. The maximum absolute atomic E-state index is 12.9. The number of ether oxygens (including phenoxy) is 2. The average Bonchev–Trinajstić information content (AvgIpc) is 2.80.